The van der Waals surface area contributed by atoms with Gasteiger partial charge < -0.3 is 4.90 Å². The van der Waals surface area contributed by atoms with Gasteiger partial charge in [-0.1, -0.05) is 12.1 Å². The first-order valence-electron chi connectivity index (χ1n) is 10.4. The fraction of sp³-hybridized carbons (Fsp3) is 0.524. The van der Waals surface area contributed by atoms with Crippen molar-refractivity contribution in [2.24, 2.45) is 14.1 Å². The predicted molar refractivity (Wildman–Crippen MR) is 123 cm³/mol. The number of piperazine rings is 1. The Morgan fingerprint density at radius 3 is 2.19 bits per heavy atom. The molecule has 0 aliphatic carbocycles. The predicted octanol–water partition coefficient (Wildman–Crippen LogP) is 0.600. The first-order valence-corrected chi connectivity index (χ1v) is 12.3. The van der Waals surface area contributed by atoms with E-state index in [2.05, 4.69) is 14.5 Å². The van der Waals surface area contributed by atoms with Crippen LogP contribution < -0.4 is 20.9 Å². The lowest BCUT2D eigenvalue weighted by molar-refractivity contribution is 0.251. The number of benzene rings is 1. The molecule has 0 spiro atoms. The van der Waals surface area contributed by atoms with Gasteiger partial charge in [0.05, 0.1) is 6.26 Å². The first kappa shape index (κ1) is 23.1. The van der Waals surface area contributed by atoms with Gasteiger partial charge in [-0.2, -0.15) is 0 Å². The summed E-state index contributed by atoms with van der Waals surface area (Å²) in [6, 6.07) is 9.04. The average Bonchev–Trinajstić information content (AvgIpc) is 2.73. The highest BCUT2D eigenvalue weighted by Gasteiger charge is 2.20. The van der Waals surface area contributed by atoms with Crippen molar-refractivity contribution in [2.45, 2.75) is 19.3 Å². The quantitative estimate of drug-likeness (QED) is 0.593. The van der Waals surface area contributed by atoms with E-state index in [0.29, 0.717) is 11.5 Å². The van der Waals surface area contributed by atoms with Crippen molar-refractivity contribution in [3.63, 3.8) is 0 Å². The van der Waals surface area contributed by atoms with Crippen molar-refractivity contribution >= 4 is 21.5 Å². The summed E-state index contributed by atoms with van der Waals surface area (Å²) in [7, 11) is -0.0511. The summed E-state index contributed by atoms with van der Waals surface area (Å²) in [4.78, 5) is 28.6. The molecule has 170 valence electrons. The van der Waals surface area contributed by atoms with Gasteiger partial charge in [0.1, 0.15) is 5.82 Å². The lowest BCUT2D eigenvalue weighted by Gasteiger charge is -2.36. The number of aryl methyl sites for hydroxylation is 1. The van der Waals surface area contributed by atoms with E-state index in [1.165, 1.54) is 23.2 Å². The Morgan fingerprint density at radius 1 is 0.935 bits per heavy atom. The molecular weight excluding hydrogens is 418 g/mol. The van der Waals surface area contributed by atoms with Crippen LogP contribution in [0.2, 0.25) is 0 Å². The Labute approximate surface area is 183 Å². The van der Waals surface area contributed by atoms with Gasteiger partial charge in [0.25, 0.3) is 5.56 Å². The minimum atomic E-state index is -3.25. The largest absolute Gasteiger partial charge is 0.355 e. The van der Waals surface area contributed by atoms with Crippen LogP contribution in [0, 0.1) is 0 Å². The van der Waals surface area contributed by atoms with E-state index in [-0.39, 0.29) is 11.2 Å². The van der Waals surface area contributed by atoms with Gasteiger partial charge in [0.2, 0.25) is 10.0 Å². The highest BCUT2D eigenvalue weighted by Crippen LogP contribution is 2.15. The van der Waals surface area contributed by atoms with E-state index in [4.69, 9.17) is 0 Å². The molecule has 1 aromatic carbocycles. The zero-order chi connectivity index (χ0) is 22.6. The third-order valence-electron chi connectivity index (χ3n) is 5.64. The third-order valence-corrected chi connectivity index (χ3v) is 6.25. The monoisotopic (exact) mass is 449 g/mol. The van der Waals surface area contributed by atoms with Crippen molar-refractivity contribution in [3.05, 3.63) is 56.7 Å². The van der Waals surface area contributed by atoms with E-state index in [1.54, 1.807) is 19.2 Å². The van der Waals surface area contributed by atoms with Crippen molar-refractivity contribution in [1.82, 2.24) is 14.0 Å². The van der Waals surface area contributed by atoms with Crippen LogP contribution in [0.1, 0.15) is 18.4 Å². The van der Waals surface area contributed by atoms with E-state index >= 15 is 0 Å². The van der Waals surface area contributed by atoms with E-state index in [1.807, 2.05) is 12.1 Å². The fourth-order valence-electron chi connectivity index (χ4n) is 3.84. The average molecular weight is 450 g/mol. The molecule has 1 fully saturated rings. The van der Waals surface area contributed by atoms with Crippen molar-refractivity contribution in [2.75, 3.05) is 48.6 Å². The van der Waals surface area contributed by atoms with Crippen LogP contribution in [0.25, 0.3) is 0 Å². The maximum Gasteiger partial charge on any atom is 0.332 e. The summed E-state index contributed by atoms with van der Waals surface area (Å²) >= 11 is 0. The summed E-state index contributed by atoms with van der Waals surface area (Å²) < 4.78 is 27.6. The first-order chi connectivity index (χ1) is 14.6. The molecular formula is C21H31N5O4S. The smallest absolute Gasteiger partial charge is 0.332 e. The van der Waals surface area contributed by atoms with Gasteiger partial charge in [-0.15, -0.1) is 0 Å². The van der Waals surface area contributed by atoms with E-state index < -0.39 is 10.0 Å². The molecule has 1 saturated heterocycles. The molecule has 1 aliphatic rings. The lowest BCUT2D eigenvalue weighted by atomic mass is 10.1. The number of hydrogen-bond donors (Lipinski definition) is 1. The second-order valence-electron chi connectivity index (χ2n) is 8.10. The van der Waals surface area contributed by atoms with Crippen LogP contribution in [-0.2, 0) is 30.5 Å². The molecule has 2 aromatic rings. The number of nitrogens with zero attached hydrogens (tertiary/aromatic N) is 4. The van der Waals surface area contributed by atoms with Gasteiger partial charge in [-0.05, 0) is 43.5 Å². The number of unbranched alkanes of at least 4 members (excludes halogenated alkanes) is 1. The van der Waals surface area contributed by atoms with Crippen LogP contribution >= 0.6 is 0 Å². The molecule has 1 aromatic heterocycles. The Hall–Kier alpha value is -2.59. The molecule has 0 saturated carbocycles. The van der Waals surface area contributed by atoms with Crippen LogP contribution in [0.4, 0.5) is 11.5 Å². The standard InChI is InChI=1S/C21H31N5O4S/c1-23-19(16-20(27)24(2)21(23)28)26-14-12-25(13-15-26)11-5-4-6-17-7-9-18(10-8-17)22-31(3,29)30/h7-10,16,22H,4-6,11-15H2,1-3H3. The molecule has 0 atom stereocenters. The SMILES string of the molecule is Cn1c(N2CCN(CCCCc3ccc(NS(C)(=O)=O)cc3)CC2)cc(=O)n(C)c1=O. The van der Waals surface area contributed by atoms with Crippen LogP contribution in [0.15, 0.2) is 39.9 Å². The van der Waals surface area contributed by atoms with Crippen LogP contribution in [0.5, 0.6) is 0 Å². The lowest BCUT2D eigenvalue weighted by Crippen LogP contribution is -2.49. The highest BCUT2D eigenvalue weighted by atomic mass is 32.2. The second kappa shape index (κ2) is 9.69. The summed E-state index contributed by atoms with van der Waals surface area (Å²) in [5, 5.41) is 0. The second-order valence-corrected chi connectivity index (χ2v) is 9.85. The molecule has 0 amide bonds. The van der Waals surface area contributed by atoms with Gasteiger partial charge in [0, 0.05) is 52.0 Å². The summed E-state index contributed by atoms with van der Waals surface area (Å²) in [6.45, 7) is 4.38. The zero-order valence-corrected chi connectivity index (χ0v) is 19.2. The van der Waals surface area contributed by atoms with Crippen molar-refractivity contribution < 1.29 is 8.42 Å². The van der Waals surface area contributed by atoms with Crippen molar-refractivity contribution in [3.8, 4) is 0 Å². The number of sulfonamides is 1. The highest BCUT2D eigenvalue weighted by molar-refractivity contribution is 7.92. The van der Waals surface area contributed by atoms with Gasteiger partial charge in [-0.3, -0.25) is 23.6 Å². The van der Waals surface area contributed by atoms with Crippen LogP contribution in [0.3, 0.4) is 0 Å². The molecule has 0 unspecified atom stereocenters. The van der Waals surface area contributed by atoms with Crippen molar-refractivity contribution in [1.29, 1.82) is 0 Å². The Kier molecular flexibility index (Phi) is 7.22. The van der Waals surface area contributed by atoms with Gasteiger partial charge in [-0.25, -0.2) is 13.2 Å². The number of aromatic nitrogens is 2. The Bertz CT molecular complexity index is 1110. The zero-order valence-electron chi connectivity index (χ0n) is 18.4. The number of nitrogens with one attached hydrogen (secondary N) is 1. The maximum absolute atomic E-state index is 12.1. The van der Waals surface area contributed by atoms with E-state index in [9.17, 15) is 18.0 Å². The van der Waals surface area contributed by atoms with E-state index in [0.717, 1.165) is 62.8 Å². The van der Waals surface area contributed by atoms with Gasteiger partial charge >= 0.3 is 5.69 Å². The maximum atomic E-state index is 12.1. The summed E-state index contributed by atoms with van der Waals surface area (Å²) in [6.07, 6.45) is 4.23. The molecule has 1 N–H and O–H groups in total. The molecule has 2 heterocycles. The summed E-state index contributed by atoms with van der Waals surface area (Å²) in [5.74, 6) is 0.682. The molecule has 9 nitrogen and oxygen atoms in total. The molecule has 3 rings (SSSR count). The topological polar surface area (TPSA) is 96.7 Å². The fourth-order valence-corrected chi connectivity index (χ4v) is 4.41. The molecule has 31 heavy (non-hydrogen) atoms. The Balaban J connectivity index is 1.42. The number of anilines is 2. The van der Waals surface area contributed by atoms with Gasteiger partial charge in [0.15, 0.2) is 0 Å². The number of rotatable bonds is 8. The minimum absolute atomic E-state index is 0.277. The Morgan fingerprint density at radius 2 is 1.58 bits per heavy atom. The molecule has 1 aliphatic heterocycles. The normalized spacial score (nSPS) is 15.3. The third kappa shape index (κ3) is 6.20. The minimum Gasteiger partial charge on any atom is -0.355 e. The number of hydrogen-bond acceptors (Lipinski definition) is 6. The molecule has 10 heteroatoms. The summed E-state index contributed by atoms with van der Waals surface area (Å²) in [5.41, 5.74) is 1.19. The molecule has 0 radical (unpaired) electrons. The molecule has 0 bridgehead atoms. The van der Waals surface area contributed by atoms with Crippen LogP contribution in [-0.4, -0.2) is 61.4 Å².